The van der Waals surface area contributed by atoms with Crippen molar-refractivity contribution in [3.8, 4) is 0 Å². The van der Waals surface area contributed by atoms with Gasteiger partial charge in [-0.25, -0.2) is 4.79 Å². The molecule has 0 aliphatic heterocycles. The van der Waals surface area contributed by atoms with Gasteiger partial charge >= 0.3 is 6.03 Å². The Morgan fingerprint density at radius 3 is 2.78 bits per heavy atom. The number of urea groups is 1. The summed E-state index contributed by atoms with van der Waals surface area (Å²) in [5.41, 5.74) is 0.644. The molecule has 0 spiro atoms. The van der Waals surface area contributed by atoms with Gasteiger partial charge in [0.1, 0.15) is 0 Å². The van der Waals surface area contributed by atoms with Gasteiger partial charge < -0.3 is 20.7 Å². The fourth-order valence-electron chi connectivity index (χ4n) is 2.65. The van der Waals surface area contributed by atoms with Crippen molar-refractivity contribution in [2.24, 2.45) is 0 Å². The number of carbonyl (C=O) groups excluding carboxylic acids is 1. The van der Waals surface area contributed by atoms with E-state index in [1.54, 1.807) is 6.92 Å². The first-order valence-corrected chi connectivity index (χ1v) is 7.75. The fraction of sp³-hybridized carbons (Fsp3) is 0.412. The van der Waals surface area contributed by atoms with Crippen LogP contribution in [0.4, 0.5) is 4.79 Å². The molecule has 2 amide bonds. The number of amides is 2. The number of aliphatic hydroxyl groups is 1. The molecule has 23 heavy (non-hydrogen) atoms. The van der Waals surface area contributed by atoms with Gasteiger partial charge in [0, 0.05) is 23.5 Å². The van der Waals surface area contributed by atoms with Crippen molar-refractivity contribution in [3.63, 3.8) is 0 Å². The van der Waals surface area contributed by atoms with Crippen LogP contribution in [0.15, 0.2) is 35.1 Å². The number of benzene rings is 1. The Kier molecular flexibility index (Phi) is 5.39. The third-order valence-corrected chi connectivity index (χ3v) is 3.84. The van der Waals surface area contributed by atoms with Gasteiger partial charge in [-0.3, -0.25) is 4.79 Å². The smallest absolute Gasteiger partial charge is 0.315 e. The van der Waals surface area contributed by atoms with E-state index in [4.69, 9.17) is 0 Å². The number of aliphatic hydroxyl groups excluding tert-OH is 1. The van der Waals surface area contributed by atoms with E-state index in [0.29, 0.717) is 6.42 Å². The van der Waals surface area contributed by atoms with Crippen molar-refractivity contribution in [2.75, 3.05) is 6.61 Å². The minimum absolute atomic E-state index is 0.123. The van der Waals surface area contributed by atoms with Gasteiger partial charge in [-0.05, 0) is 25.0 Å². The number of hydrogen-bond donors (Lipinski definition) is 4. The van der Waals surface area contributed by atoms with Crippen LogP contribution in [0.3, 0.4) is 0 Å². The minimum Gasteiger partial charge on any atom is -0.394 e. The molecule has 0 aliphatic rings. The van der Waals surface area contributed by atoms with E-state index in [0.717, 1.165) is 22.9 Å². The predicted octanol–water partition coefficient (Wildman–Crippen LogP) is 1.88. The topological polar surface area (TPSA) is 94.2 Å². The number of rotatable bonds is 6. The maximum absolute atomic E-state index is 12.1. The van der Waals surface area contributed by atoms with Crippen molar-refractivity contribution in [2.45, 2.75) is 38.8 Å². The van der Waals surface area contributed by atoms with Crippen LogP contribution >= 0.6 is 0 Å². The first-order valence-electron chi connectivity index (χ1n) is 7.75. The highest BCUT2D eigenvalue weighted by Crippen LogP contribution is 2.14. The van der Waals surface area contributed by atoms with E-state index >= 15 is 0 Å². The van der Waals surface area contributed by atoms with Crippen molar-refractivity contribution < 1.29 is 9.90 Å². The normalized spacial score (nSPS) is 13.5. The van der Waals surface area contributed by atoms with Crippen LogP contribution in [0.25, 0.3) is 10.9 Å². The summed E-state index contributed by atoms with van der Waals surface area (Å²) >= 11 is 0. The van der Waals surface area contributed by atoms with Gasteiger partial charge in [-0.2, -0.15) is 0 Å². The molecular weight excluding hydrogens is 294 g/mol. The molecule has 124 valence electrons. The summed E-state index contributed by atoms with van der Waals surface area (Å²) in [6, 6.07) is 8.58. The van der Waals surface area contributed by atoms with Crippen molar-refractivity contribution >= 4 is 16.9 Å². The molecule has 0 aliphatic carbocycles. The second-order valence-electron chi connectivity index (χ2n) is 5.98. The Bertz CT molecular complexity index is 741. The summed E-state index contributed by atoms with van der Waals surface area (Å²) in [7, 11) is 0. The minimum atomic E-state index is -0.644. The van der Waals surface area contributed by atoms with E-state index in [1.165, 1.54) is 6.07 Å². The monoisotopic (exact) mass is 317 g/mol. The number of aromatic amines is 1. The lowest BCUT2D eigenvalue weighted by Gasteiger charge is -2.28. The van der Waals surface area contributed by atoms with Crippen LogP contribution in [0.5, 0.6) is 0 Å². The molecule has 2 rings (SSSR count). The number of para-hydroxylation sites is 1. The van der Waals surface area contributed by atoms with E-state index in [9.17, 15) is 14.7 Å². The molecule has 0 radical (unpaired) electrons. The van der Waals surface area contributed by atoms with Crippen LogP contribution in [-0.2, 0) is 6.54 Å². The lowest BCUT2D eigenvalue weighted by molar-refractivity contribution is 0.163. The molecule has 1 aromatic carbocycles. The lowest BCUT2D eigenvalue weighted by atomic mass is 9.98. The SMILES string of the molecule is CCCC(C)(CO)NC(=O)NCc1cc(=O)[nH]c2ccccc12. The predicted molar refractivity (Wildman–Crippen MR) is 90.3 cm³/mol. The fourth-order valence-corrected chi connectivity index (χ4v) is 2.65. The highest BCUT2D eigenvalue weighted by atomic mass is 16.3. The molecule has 1 unspecified atom stereocenters. The van der Waals surface area contributed by atoms with Crippen LogP contribution < -0.4 is 16.2 Å². The third kappa shape index (κ3) is 4.32. The summed E-state index contributed by atoms with van der Waals surface area (Å²) in [5, 5.41) is 15.9. The van der Waals surface area contributed by atoms with Crippen LogP contribution in [0.1, 0.15) is 32.3 Å². The maximum Gasteiger partial charge on any atom is 0.315 e. The molecule has 6 nitrogen and oxygen atoms in total. The molecule has 1 heterocycles. The molecule has 4 N–H and O–H groups in total. The van der Waals surface area contributed by atoms with E-state index in [2.05, 4.69) is 15.6 Å². The van der Waals surface area contributed by atoms with Gasteiger partial charge in [-0.1, -0.05) is 31.5 Å². The number of aromatic nitrogens is 1. The average molecular weight is 317 g/mol. The van der Waals surface area contributed by atoms with Gasteiger partial charge in [0.15, 0.2) is 0 Å². The van der Waals surface area contributed by atoms with Gasteiger partial charge in [0.05, 0.1) is 12.1 Å². The standard InChI is InChI=1S/C17H23N3O3/c1-3-8-17(2,11-21)20-16(23)18-10-12-9-15(22)19-14-7-5-4-6-13(12)14/h4-7,9,21H,3,8,10-11H2,1-2H3,(H,19,22)(H2,18,20,23). The zero-order chi connectivity index (χ0) is 16.9. The molecule has 2 aromatic rings. The summed E-state index contributed by atoms with van der Waals surface area (Å²) in [6.45, 7) is 3.92. The highest BCUT2D eigenvalue weighted by Gasteiger charge is 2.24. The van der Waals surface area contributed by atoms with Crippen molar-refractivity contribution in [1.82, 2.24) is 15.6 Å². The Morgan fingerprint density at radius 2 is 2.09 bits per heavy atom. The second kappa shape index (κ2) is 7.28. The first kappa shape index (κ1) is 17.0. The molecule has 0 saturated heterocycles. The molecule has 0 saturated carbocycles. The molecule has 6 heteroatoms. The van der Waals surface area contributed by atoms with Crippen LogP contribution in [0, 0.1) is 0 Å². The first-order chi connectivity index (χ1) is 11.0. The van der Waals surface area contributed by atoms with E-state index in [-0.39, 0.29) is 24.7 Å². The highest BCUT2D eigenvalue weighted by molar-refractivity contribution is 5.82. The van der Waals surface area contributed by atoms with Crippen LogP contribution in [-0.4, -0.2) is 28.3 Å². The molecule has 1 atom stereocenters. The van der Waals surface area contributed by atoms with Gasteiger partial charge in [-0.15, -0.1) is 0 Å². The molecule has 0 bridgehead atoms. The maximum atomic E-state index is 12.1. The Hall–Kier alpha value is -2.34. The lowest BCUT2D eigenvalue weighted by Crippen LogP contribution is -2.52. The summed E-state index contributed by atoms with van der Waals surface area (Å²) < 4.78 is 0. The average Bonchev–Trinajstić information content (AvgIpc) is 2.52. The Balaban J connectivity index is 2.09. The summed E-state index contributed by atoms with van der Waals surface area (Å²) in [5.74, 6) is 0. The van der Waals surface area contributed by atoms with E-state index < -0.39 is 5.54 Å². The second-order valence-corrected chi connectivity index (χ2v) is 5.98. The molecular formula is C17H23N3O3. The molecule has 1 aromatic heterocycles. The van der Waals surface area contributed by atoms with Crippen LogP contribution in [0.2, 0.25) is 0 Å². The molecule has 0 fully saturated rings. The van der Waals surface area contributed by atoms with Crippen molar-refractivity contribution in [3.05, 3.63) is 46.2 Å². The number of nitrogens with one attached hydrogen (secondary N) is 3. The largest absolute Gasteiger partial charge is 0.394 e. The number of H-pyrrole nitrogens is 1. The Labute approximate surface area is 134 Å². The third-order valence-electron chi connectivity index (χ3n) is 3.84. The number of carbonyl (C=O) groups is 1. The quantitative estimate of drug-likeness (QED) is 0.655. The number of hydrogen-bond acceptors (Lipinski definition) is 3. The zero-order valence-corrected chi connectivity index (χ0v) is 13.5. The zero-order valence-electron chi connectivity index (χ0n) is 13.5. The number of pyridine rings is 1. The number of fused-ring (bicyclic) bond motifs is 1. The summed E-state index contributed by atoms with van der Waals surface area (Å²) in [6.07, 6.45) is 1.54. The summed E-state index contributed by atoms with van der Waals surface area (Å²) in [4.78, 5) is 26.5. The Morgan fingerprint density at radius 1 is 1.35 bits per heavy atom. The van der Waals surface area contributed by atoms with E-state index in [1.807, 2.05) is 31.2 Å². The van der Waals surface area contributed by atoms with Gasteiger partial charge in [0.2, 0.25) is 5.56 Å². The van der Waals surface area contributed by atoms with Gasteiger partial charge in [0.25, 0.3) is 0 Å². The van der Waals surface area contributed by atoms with Crippen molar-refractivity contribution in [1.29, 1.82) is 0 Å².